The number of thiophene rings is 1. The molecule has 0 saturated heterocycles. The van der Waals surface area contributed by atoms with Gasteiger partial charge >= 0.3 is 0 Å². The molecule has 1 fully saturated rings. The molecule has 0 radical (unpaired) electrons. The molecule has 1 aliphatic carbocycles. The van der Waals surface area contributed by atoms with E-state index in [1.807, 2.05) is 11.3 Å². The average molecular weight is 534 g/mol. The molecule has 0 unspecified atom stereocenters. The first kappa shape index (κ1) is 23.7. The monoisotopic (exact) mass is 533 g/mol. The summed E-state index contributed by atoms with van der Waals surface area (Å²) in [4.78, 5) is 0. The maximum Gasteiger partial charge on any atom is 0.0590 e. The Balaban J connectivity index is 1.22. The number of rotatable bonds is 4. The maximum absolute atomic E-state index is 3.78. The van der Waals surface area contributed by atoms with Crippen molar-refractivity contribution in [2.24, 2.45) is 0 Å². The van der Waals surface area contributed by atoms with Crippen LogP contribution < -0.4 is 5.32 Å². The van der Waals surface area contributed by atoms with Gasteiger partial charge in [0.15, 0.2) is 0 Å². The molecule has 1 nitrogen and oxygen atoms in total. The topological polar surface area (TPSA) is 12.0 Å². The van der Waals surface area contributed by atoms with Crippen LogP contribution in [0.15, 0.2) is 115 Å². The highest BCUT2D eigenvalue weighted by molar-refractivity contribution is 7.26. The highest BCUT2D eigenvalue weighted by atomic mass is 32.1. The average Bonchev–Trinajstić information content (AvgIpc) is 3.42. The van der Waals surface area contributed by atoms with Crippen LogP contribution in [0.25, 0.3) is 52.8 Å². The summed E-state index contributed by atoms with van der Waals surface area (Å²) in [5, 5.41) is 11.9. The molecular weight excluding hydrogens is 502 g/mol. The number of hydrogen-bond donors (Lipinski definition) is 1. The zero-order valence-corrected chi connectivity index (χ0v) is 23.3. The number of fused-ring (bicyclic) bond motifs is 6. The minimum atomic E-state index is 0.673. The van der Waals surface area contributed by atoms with E-state index in [1.54, 1.807) is 5.56 Å². The van der Waals surface area contributed by atoms with Crippen LogP contribution in [0, 0.1) is 0 Å². The van der Waals surface area contributed by atoms with Crippen molar-refractivity contribution in [2.75, 3.05) is 5.32 Å². The Morgan fingerprint density at radius 2 is 1.27 bits per heavy atom. The first-order valence-corrected chi connectivity index (χ1v) is 15.4. The summed E-state index contributed by atoms with van der Waals surface area (Å²) in [5.41, 5.74) is 6.39. The van der Waals surface area contributed by atoms with Crippen LogP contribution in [-0.2, 0) is 0 Å². The Labute approximate surface area is 239 Å². The third-order valence-electron chi connectivity index (χ3n) is 8.83. The lowest BCUT2D eigenvalue weighted by molar-refractivity contribution is 0.446. The van der Waals surface area contributed by atoms with Crippen molar-refractivity contribution in [3.63, 3.8) is 0 Å². The summed E-state index contributed by atoms with van der Waals surface area (Å²) in [6.07, 6.45) is 6.72. The molecule has 2 heteroatoms. The van der Waals surface area contributed by atoms with E-state index in [2.05, 4.69) is 121 Å². The molecule has 7 aromatic rings. The molecule has 0 aliphatic heterocycles. The number of nitrogens with one attached hydrogen (secondary N) is 1. The van der Waals surface area contributed by atoms with E-state index < -0.39 is 0 Å². The highest BCUT2D eigenvalue weighted by Gasteiger charge is 2.22. The fourth-order valence-corrected chi connectivity index (χ4v) is 8.23. The van der Waals surface area contributed by atoms with Crippen LogP contribution in [-0.4, -0.2) is 0 Å². The molecule has 0 amide bonds. The predicted molar refractivity (Wildman–Crippen MR) is 175 cm³/mol. The molecular formula is C38H31NS. The van der Waals surface area contributed by atoms with Gasteiger partial charge in [-0.2, -0.15) is 0 Å². The zero-order valence-electron chi connectivity index (χ0n) is 22.5. The van der Waals surface area contributed by atoms with Gasteiger partial charge in [0.25, 0.3) is 0 Å². The van der Waals surface area contributed by atoms with E-state index in [0.717, 1.165) is 5.69 Å². The Morgan fingerprint density at radius 3 is 2.12 bits per heavy atom. The van der Waals surface area contributed by atoms with Crippen LogP contribution in [0.4, 0.5) is 11.4 Å². The minimum absolute atomic E-state index is 0.673. The third-order valence-corrected chi connectivity index (χ3v) is 10.1. The highest BCUT2D eigenvalue weighted by Crippen LogP contribution is 2.47. The van der Waals surface area contributed by atoms with E-state index in [-0.39, 0.29) is 0 Å². The van der Waals surface area contributed by atoms with Gasteiger partial charge in [-0.05, 0) is 81.3 Å². The predicted octanol–water partition coefficient (Wildman–Crippen LogP) is 11.8. The van der Waals surface area contributed by atoms with Crippen LogP contribution in [0.3, 0.4) is 0 Å². The van der Waals surface area contributed by atoms with Crippen molar-refractivity contribution in [3.05, 3.63) is 121 Å². The molecule has 1 aromatic heterocycles. The van der Waals surface area contributed by atoms with Crippen molar-refractivity contribution in [2.45, 2.75) is 38.0 Å². The summed E-state index contributed by atoms with van der Waals surface area (Å²) in [5.74, 6) is 0.673. The first-order valence-electron chi connectivity index (χ1n) is 14.6. The maximum atomic E-state index is 3.78. The molecule has 194 valence electrons. The molecule has 6 aromatic carbocycles. The van der Waals surface area contributed by atoms with Gasteiger partial charge in [0, 0.05) is 21.2 Å². The molecule has 1 aliphatic rings. The van der Waals surface area contributed by atoms with Crippen molar-refractivity contribution in [1.82, 2.24) is 0 Å². The second-order valence-corrected chi connectivity index (χ2v) is 12.3. The lowest BCUT2D eigenvalue weighted by Gasteiger charge is -2.23. The van der Waals surface area contributed by atoms with Gasteiger partial charge in [0.05, 0.1) is 10.4 Å². The van der Waals surface area contributed by atoms with Crippen molar-refractivity contribution in [3.8, 4) is 11.1 Å². The van der Waals surface area contributed by atoms with Gasteiger partial charge in [-0.3, -0.25) is 0 Å². The molecule has 0 atom stereocenters. The first-order chi connectivity index (χ1) is 19.8. The van der Waals surface area contributed by atoms with Crippen molar-refractivity contribution in [1.29, 1.82) is 0 Å². The smallest absolute Gasteiger partial charge is 0.0590 e. The van der Waals surface area contributed by atoms with E-state index >= 15 is 0 Å². The van der Waals surface area contributed by atoms with Gasteiger partial charge in [-0.25, -0.2) is 0 Å². The van der Waals surface area contributed by atoms with Gasteiger partial charge in [-0.1, -0.05) is 110 Å². The normalized spacial score (nSPS) is 14.4. The standard InChI is InChI=1S/C38H31NS/c1-2-10-26(11-3-1)34-24-28-13-5-7-16-32(28)36-33-18-9-19-35(37(33)40-38(34)36)39-29-22-20-27(21-23-29)31-17-8-14-25-12-4-6-15-30(25)31/h4-9,12-24,26,39H,1-3,10-11H2. The second kappa shape index (κ2) is 9.80. The van der Waals surface area contributed by atoms with Crippen LogP contribution >= 0.6 is 11.3 Å². The summed E-state index contributed by atoms with van der Waals surface area (Å²) in [6, 6.07) is 42.3. The zero-order chi connectivity index (χ0) is 26.5. The van der Waals surface area contributed by atoms with Gasteiger partial charge < -0.3 is 5.32 Å². The van der Waals surface area contributed by atoms with E-state index in [1.165, 1.54) is 90.6 Å². The van der Waals surface area contributed by atoms with E-state index in [9.17, 15) is 0 Å². The minimum Gasteiger partial charge on any atom is -0.354 e. The summed E-state index contributed by atoms with van der Waals surface area (Å²) in [6.45, 7) is 0. The quantitative estimate of drug-likeness (QED) is 0.237. The third kappa shape index (κ3) is 3.98. The molecule has 0 bridgehead atoms. The van der Waals surface area contributed by atoms with Crippen LogP contribution in [0.5, 0.6) is 0 Å². The van der Waals surface area contributed by atoms with E-state index in [0.29, 0.717) is 5.92 Å². The fraction of sp³-hybridized carbons (Fsp3) is 0.158. The van der Waals surface area contributed by atoms with Crippen molar-refractivity contribution >= 4 is 64.4 Å². The largest absolute Gasteiger partial charge is 0.354 e. The fourth-order valence-electron chi connectivity index (χ4n) is 6.85. The molecule has 1 N–H and O–H groups in total. The number of hydrogen-bond acceptors (Lipinski definition) is 2. The van der Waals surface area contributed by atoms with Gasteiger partial charge in [0.1, 0.15) is 0 Å². The van der Waals surface area contributed by atoms with Crippen LogP contribution in [0.2, 0.25) is 0 Å². The second-order valence-electron chi connectivity index (χ2n) is 11.2. The van der Waals surface area contributed by atoms with Crippen molar-refractivity contribution < 1.29 is 0 Å². The molecule has 40 heavy (non-hydrogen) atoms. The number of anilines is 2. The Morgan fingerprint density at radius 1 is 0.575 bits per heavy atom. The van der Waals surface area contributed by atoms with Gasteiger partial charge in [0.2, 0.25) is 0 Å². The number of benzene rings is 6. The SMILES string of the molecule is c1ccc2c(-c3ccc(Nc4cccc5c4sc4c(C6CCCCC6)cc6ccccc6c45)cc3)cccc2c1. The lowest BCUT2D eigenvalue weighted by Crippen LogP contribution is -2.04. The lowest BCUT2D eigenvalue weighted by atomic mass is 9.82. The Hall–Kier alpha value is -4.14. The molecule has 0 spiro atoms. The molecule has 1 saturated carbocycles. The Kier molecular flexibility index (Phi) is 5.81. The summed E-state index contributed by atoms with van der Waals surface area (Å²) in [7, 11) is 0. The summed E-state index contributed by atoms with van der Waals surface area (Å²) >= 11 is 1.98. The Bertz CT molecular complexity index is 2000. The van der Waals surface area contributed by atoms with Gasteiger partial charge in [-0.15, -0.1) is 11.3 Å². The van der Waals surface area contributed by atoms with Crippen LogP contribution in [0.1, 0.15) is 43.6 Å². The molecule has 1 heterocycles. The molecule has 8 rings (SSSR count). The van der Waals surface area contributed by atoms with E-state index in [4.69, 9.17) is 0 Å². The summed E-state index contributed by atoms with van der Waals surface area (Å²) < 4.78 is 2.84.